The molecule has 3 heterocycles. The first kappa shape index (κ1) is 16.5. The lowest BCUT2D eigenvalue weighted by molar-refractivity contribution is -0.144. The van der Waals surface area contributed by atoms with Gasteiger partial charge in [-0.1, -0.05) is 6.92 Å². The highest BCUT2D eigenvalue weighted by atomic mass is 19.4. The highest BCUT2D eigenvalue weighted by Gasteiger charge is 2.39. The number of anilines is 1. The minimum absolute atomic E-state index is 0.0218. The molecule has 4 rings (SSSR count). The minimum Gasteiger partial charge on any atom is -0.353 e. The SMILES string of the molecule is CC1CC1C(=O)Nc1cc2[nH]c(-c3ccnc(C(F)(F)F)n3)cc2cn1. The van der Waals surface area contributed by atoms with E-state index in [0.29, 0.717) is 28.3 Å². The monoisotopic (exact) mass is 361 g/mol. The van der Waals surface area contributed by atoms with Crippen molar-refractivity contribution < 1.29 is 18.0 Å². The molecule has 0 saturated heterocycles. The summed E-state index contributed by atoms with van der Waals surface area (Å²) >= 11 is 0. The number of fused-ring (bicyclic) bond motifs is 1. The second-order valence-electron chi connectivity index (χ2n) is 6.41. The molecule has 2 N–H and O–H groups in total. The zero-order valence-electron chi connectivity index (χ0n) is 13.6. The zero-order chi connectivity index (χ0) is 18.5. The van der Waals surface area contributed by atoms with Crippen LogP contribution in [0.1, 0.15) is 19.2 Å². The van der Waals surface area contributed by atoms with Crippen molar-refractivity contribution >= 4 is 22.6 Å². The van der Waals surface area contributed by atoms with Gasteiger partial charge in [0.2, 0.25) is 11.7 Å². The van der Waals surface area contributed by atoms with Crippen LogP contribution in [0.2, 0.25) is 0 Å². The Hall–Kier alpha value is -2.97. The van der Waals surface area contributed by atoms with E-state index in [4.69, 9.17) is 0 Å². The van der Waals surface area contributed by atoms with Gasteiger partial charge in [0.1, 0.15) is 5.82 Å². The zero-order valence-corrected chi connectivity index (χ0v) is 13.6. The molecule has 6 nitrogen and oxygen atoms in total. The molecule has 0 bridgehead atoms. The maximum atomic E-state index is 12.8. The van der Waals surface area contributed by atoms with Crippen LogP contribution in [0.3, 0.4) is 0 Å². The molecule has 3 aromatic rings. The van der Waals surface area contributed by atoms with E-state index in [0.717, 1.165) is 12.6 Å². The predicted molar refractivity (Wildman–Crippen MR) is 88.0 cm³/mol. The van der Waals surface area contributed by atoms with Crippen molar-refractivity contribution in [1.29, 1.82) is 0 Å². The number of aromatic nitrogens is 4. The average Bonchev–Trinajstić information content (AvgIpc) is 3.17. The molecular formula is C17H14F3N5O. The Morgan fingerprint density at radius 2 is 2.08 bits per heavy atom. The topological polar surface area (TPSA) is 83.6 Å². The van der Waals surface area contributed by atoms with Crippen molar-refractivity contribution in [2.75, 3.05) is 5.32 Å². The molecule has 0 aromatic carbocycles. The molecule has 0 radical (unpaired) electrons. The van der Waals surface area contributed by atoms with E-state index >= 15 is 0 Å². The Morgan fingerprint density at radius 1 is 1.31 bits per heavy atom. The van der Waals surface area contributed by atoms with Crippen LogP contribution in [0, 0.1) is 11.8 Å². The molecule has 3 aromatic heterocycles. The number of aromatic amines is 1. The first-order valence-electron chi connectivity index (χ1n) is 8.01. The lowest BCUT2D eigenvalue weighted by Crippen LogP contribution is -2.15. The molecule has 2 unspecified atom stereocenters. The lowest BCUT2D eigenvalue weighted by Gasteiger charge is -2.05. The fourth-order valence-electron chi connectivity index (χ4n) is 2.78. The molecule has 0 spiro atoms. The highest BCUT2D eigenvalue weighted by molar-refractivity contribution is 5.95. The third-order valence-corrected chi connectivity index (χ3v) is 4.39. The van der Waals surface area contributed by atoms with Crippen LogP contribution in [-0.4, -0.2) is 25.8 Å². The van der Waals surface area contributed by atoms with Crippen molar-refractivity contribution in [1.82, 2.24) is 19.9 Å². The Bertz CT molecular complexity index is 997. The van der Waals surface area contributed by atoms with E-state index < -0.39 is 12.0 Å². The van der Waals surface area contributed by atoms with Gasteiger partial charge in [0.15, 0.2) is 0 Å². The van der Waals surface area contributed by atoms with Crippen molar-refractivity contribution in [3.05, 3.63) is 36.4 Å². The van der Waals surface area contributed by atoms with Gasteiger partial charge in [-0.3, -0.25) is 4.79 Å². The van der Waals surface area contributed by atoms with E-state index in [-0.39, 0.29) is 17.5 Å². The average molecular weight is 361 g/mol. The van der Waals surface area contributed by atoms with Gasteiger partial charge in [-0.05, 0) is 24.5 Å². The van der Waals surface area contributed by atoms with Crippen LogP contribution in [0.25, 0.3) is 22.3 Å². The van der Waals surface area contributed by atoms with E-state index in [1.165, 1.54) is 6.07 Å². The molecule has 0 aliphatic heterocycles. The van der Waals surface area contributed by atoms with E-state index in [1.54, 1.807) is 18.3 Å². The fourth-order valence-corrected chi connectivity index (χ4v) is 2.78. The summed E-state index contributed by atoms with van der Waals surface area (Å²) in [7, 11) is 0. The van der Waals surface area contributed by atoms with Gasteiger partial charge < -0.3 is 10.3 Å². The molecule has 2 atom stereocenters. The number of carbonyl (C=O) groups excluding carboxylic acids is 1. The van der Waals surface area contributed by atoms with Gasteiger partial charge in [0.25, 0.3) is 0 Å². The van der Waals surface area contributed by atoms with Gasteiger partial charge in [-0.25, -0.2) is 15.0 Å². The molecule has 26 heavy (non-hydrogen) atoms. The van der Waals surface area contributed by atoms with Crippen LogP contribution < -0.4 is 5.32 Å². The molecule has 134 valence electrons. The van der Waals surface area contributed by atoms with E-state index in [9.17, 15) is 18.0 Å². The van der Waals surface area contributed by atoms with Crippen LogP contribution in [0.5, 0.6) is 0 Å². The van der Waals surface area contributed by atoms with Crippen molar-refractivity contribution in [3.8, 4) is 11.4 Å². The number of carbonyl (C=O) groups is 1. The molecule has 1 aliphatic carbocycles. The summed E-state index contributed by atoms with van der Waals surface area (Å²) < 4.78 is 38.3. The third kappa shape index (κ3) is 3.12. The molecule has 1 aliphatic rings. The second-order valence-corrected chi connectivity index (χ2v) is 6.41. The van der Waals surface area contributed by atoms with Gasteiger partial charge >= 0.3 is 6.18 Å². The largest absolute Gasteiger partial charge is 0.451 e. The molecular weight excluding hydrogens is 347 g/mol. The van der Waals surface area contributed by atoms with E-state index in [1.807, 2.05) is 6.92 Å². The van der Waals surface area contributed by atoms with Crippen molar-refractivity contribution in [2.45, 2.75) is 19.5 Å². The number of nitrogens with one attached hydrogen (secondary N) is 2. The maximum Gasteiger partial charge on any atom is 0.451 e. The summed E-state index contributed by atoms with van der Waals surface area (Å²) in [6.45, 7) is 2.01. The second kappa shape index (κ2) is 5.79. The number of amides is 1. The Labute approximate surface area is 145 Å². The Kier molecular flexibility index (Phi) is 3.67. The van der Waals surface area contributed by atoms with Crippen LogP contribution in [0.15, 0.2) is 30.6 Å². The summed E-state index contributed by atoms with van der Waals surface area (Å²) in [5.74, 6) is -0.460. The summed E-state index contributed by atoms with van der Waals surface area (Å²) in [4.78, 5) is 26.0. The normalized spacial score (nSPS) is 19.5. The third-order valence-electron chi connectivity index (χ3n) is 4.39. The van der Waals surface area contributed by atoms with Crippen LogP contribution >= 0.6 is 0 Å². The highest BCUT2D eigenvalue weighted by Crippen LogP contribution is 2.38. The van der Waals surface area contributed by atoms with Crippen LogP contribution in [-0.2, 0) is 11.0 Å². The van der Waals surface area contributed by atoms with Crippen molar-refractivity contribution in [2.24, 2.45) is 11.8 Å². The maximum absolute atomic E-state index is 12.8. The first-order valence-corrected chi connectivity index (χ1v) is 8.01. The molecule has 1 amide bonds. The van der Waals surface area contributed by atoms with Gasteiger partial charge in [-0.2, -0.15) is 13.2 Å². The quantitative estimate of drug-likeness (QED) is 0.746. The number of nitrogens with zero attached hydrogens (tertiary/aromatic N) is 3. The lowest BCUT2D eigenvalue weighted by atomic mass is 10.2. The number of hydrogen-bond acceptors (Lipinski definition) is 4. The number of halogens is 3. The molecule has 9 heteroatoms. The summed E-state index contributed by atoms with van der Waals surface area (Å²) in [5.41, 5.74) is 1.18. The number of rotatable bonds is 3. The molecule has 1 saturated carbocycles. The van der Waals surface area contributed by atoms with Gasteiger partial charge in [0, 0.05) is 29.8 Å². The number of H-pyrrole nitrogens is 1. The number of pyridine rings is 1. The number of hydrogen-bond donors (Lipinski definition) is 2. The van der Waals surface area contributed by atoms with Gasteiger partial charge in [-0.15, -0.1) is 0 Å². The van der Waals surface area contributed by atoms with Crippen LogP contribution in [0.4, 0.5) is 19.0 Å². The summed E-state index contributed by atoms with van der Waals surface area (Å²) in [6, 6.07) is 4.69. The number of alkyl halides is 3. The van der Waals surface area contributed by atoms with Crippen molar-refractivity contribution in [3.63, 3.8) is 0 Å². The fraction of sp³-hybridized carbons (Fsp3) is 0.294. The van der Waals surface area contributed by atoms with Gasteiger partial charge in [0.05, 0.1) is 16.9 Å². The van der Waals surface area contributed by atoms with E-state index in [2.05, 4.69) is 25.3 Å². The summed E-state index contributed by atoms with van der Waals surface area (Å²) in [5, 5.41) is 3.46. The Morgan fingerprint density at radius 3 is 2.77 bits per heavy atom. The predicted octanol–water partition coefficient (Wildman–Crippen LogP) is 3.63. The smallest absolute Gasteiger partial charge is 0.353 e. The first-order chi connectivity index (χ1) is 12.3. The Balaban J connectivity index is 1.63. The minimum atomic E-state index is -4.61. The summed E-state index contributed by atoms with van der Waals surface area (Å²) in [6.07, 6.45) is -1.12. The standard InChI is InChI=1S/C17H14F3N5O/c1-8-4-10(8)15(26)25-14-6-12-9(7-22-14)5-13(23-12)11-2-3-21-16(24-11)17(18,19)20/h2-3,5-8,10,23H,4H2,1H3,(H,22,25,26). The molecule has 1 fully saturated rings.